The number of carbonyl (C=O) groups excluding carboxylic acids is 1. The average Bonchev–Trinajstić information content (AvgIpc) is 2.87. The summed E-state index contributed by atoms with van der Waals surface area (Å²) in [5.74, 6) is 0.415. The molecule has 0 radical (unpaired) electrons. The van der Waals surface area contributed by atoms with Gasteiger partial charge in [-0.25, -0.2) is 9.66 Å². The Bertz CT molecular complexity index is 776. The van der Waals surface area contributed by atoms with E-state index in [2.05, 4.69) is 10.4 Å². The maximum Gasteiger partial charge on any atom is 0.281 e. The number of unbranched alkanes of at least 4 members (excludes halogenated alkanes) is 1. The number of fused-ring (bicyclic) bond motifs is 3. The molecule has 1 N–H and O–H groups in total. The second kappa shape index (κ2) is 6.20. The maximum atomic E-state index is 12.8. The minimum absolute atomic E-state index is 0.128. The predicted molar refractivity (Wildman–Crippen MR) is 89.2 cm³/mol. The highest BCUT2D eigenvalue weighted by Crippen LogP contribution is 2.33. The van der Waals surface area contributed by atoms with Crippen molar-refractivity contribution in [2.75, 3.05) is 5.43 Å². The number of hydrogen-bond donors (Lipinski definition) is 1. The van der Waals surface area contributed by atoms with Crippen LogP contribution in [0, 0.1) is 6.92 Å². The van der Waals surface area contributed by atoms with Gasteiger partial charge < -0.3 is 0 Å². The smallest absolute Gasteiger partial charge is 0.273 e. The summed E-state index contributed by atoms with van der Waals surface area (Å²) in [7, 11) is 0. The zero-order chi connectivity index (χ0) is 15.7. The van der Waals surface area contributed by atoms with Gasteiger partial charge in [0.25, 0.3) is 5.56 Å². The van der Waals surface area contributed by atoms with Gasteiger partial charge in [-0.2, -0.15) is 0 Å². The molecule has 0 saturated carbocycles. The Kier molecular flexibility index (Phi) is 4.29. The van der Waals surface area contributed by atoms with Gasteiger partial charge in [-0.05, 0) is 44.6 Å². The van der Waals surface area contributed by atoms with Gasteiger partial charge >= 0.3 is 0 Å². The molecule has 3 rings (SSSR count). The molecule has 0 fully saturated rings. The molecule has 1 amide bonds. The Balaban J connectivity index is 2.04. The van der Waals surface area contributed by atoms with Crippen LogP contribution in [0.15, 0.2) is 4.79 Å². The lowest BCUT2D eigenvalue weighted by Gasteiger charge is -2.12. The number of hydrogen-bond acceptors (Lipinski definition) is 4. The Morgan fingerprint density at radius 1 is 1.36 bits per heavy atom. The van der Waals surface area contributed by atoms with E-state index in [1.54, 1.807) is 18.3 Å². The molecule has 0 spiro atoms. The van der Waals surface area contributed by atoms with Crippen molar-refractivity contribution < 1.29 is 4.79 Å². The third-order valence-electron chi connectivity index (χ3n) is 4.15. The Hall–Kier alpha value is -1.69. The number of rotatable bonds is 4. The molecule has 0 unspecified atom stereocenters. The summed E-state index contributed by atoms with van der Waals surface area (Å²) in [4.78, 5) is 31.4. The van der Waals surface area contributed by atoms with Gasteiger partial charge in [0, 0.05) is 11.3 Å². The van der Waals surface area contributed by atoms with E-state index in [9.17, 15) is 9.59 Å². The molecule has 0 bridgehead atoms. The lowest BCUT2D eigenvalue weighted by Crippen LogP contribution is -2.35. The molecule has 118 valence electrons. The third kappa shape index (κ3) is 2.67. The summed E-state index contributed by atoms with van der Waals surface area (Å²) in [5.41, 5.74) is 3.73. The molecule has 2 aromatic heterocycles. The van der Waals surface area contributed by atoms with Crippen LogP contribution in [0.1, 0.15) is 55.3 Å². The number of amides is 1. The second-order valence-corrected chi connectivity index (χ2v) is 6.91. The van der Waals surface area contributed by atoms with Crippen LogP contribution in [0.3, 0.4) is 0 Å². The molecule has 1 aliphatic carbocycles. The minimum Gasteiger partial charge on any atom is -0.273 e. The number of nitrogens with zero attached hydrogens (tertiary/aromatic N) is 2. The molecule has 5 nitrogen and oxygen atoms in total. The molecule has 22 heavy (non-hydrogen) atoms. The molecule has 0 saturated heterocycles. The quantitative estimate of drug-likeness (QED) is 0.942. The summed E-state index contributed by atoms with van der Waals surface area (Å²) in [5, 5.41) is 0.709. The van der Waals surface area contributed by atoms with Crippen LogP contribution in [0.2, 0.25) is 0 Å². The number of aryl methyl sites for hydroxylation is 3. The van der Waals surface area contributed by atoms with E-state index in [-0.39, 0.29) is 11.5 Å². The first-order valence-electron chi connectivity index (χ1n) is 7.95. The fraction of sp³-hybridized carbons (Fsp3) is 0.562. The van der Waals surface area contributed by atoms with Crippen molar-refractivity contribution in [2.24, 2.45) is 0 Å². The SMILES string of the molecule is CCCCC(=O)Nn1c(C)nc2sc3c(c2c1=O)CCCC3. The molecule has 6 heteroatoms. The maximum absolute atomic E-state index is 12.8. The first-order chi connectivity index (χ1) is 10.6. The Morgan fingerprint density at radius 2 is 2.14 bits per heavy atom. The summed E-state index contributed by atoms with van der Waals surface area (Å²) in [6.45, 7) is 3.80. The van der Waals surface area contributed by atoms with Gasteiger partial charge in [-0.3, -0.25) is 15.0 Å². The first kappa shape index (κ1) is 15.2. The van der Waals surface area contributed by atoms with Crippen molar-refractivity contribution in [1.29, 1.82) is 0 Å². The standard InChI is InChI=1S/C16H21N3O2S/c1-3-4-9-13(20)18-19-10(2)17-15-14(16(19)21)11-7-5-6-8-12(11)22-15/h3-9H2,1-2H3,(H,18,20). The number of nitrogens with one attached hydrogen (secondary N) is 1. The fourth-order valence-corrected chi connectivity index (χ4v) is 4.25. The fourth-order valence-electron chi connectivity index (χ4n) is 2.96. The lowest BCUT2D eigenvalue weighted by atomic mass is 9.97. The molecule has 0 aliphatic heterocycles. The zero-order valence-corrected chi connectivity index (χ0v) is 13.9. The van der Waals surface area contributed by atoms with Crippen molar-refractivity contribution in [3.8, 4) is 0 Å². The van der Waals surface area contributed by atoms with E-state index in [1.165, 1.54) is 16.0 Å². The van der Waals surface area contributed by atoms with E-state index in [0.717, 1.165) is 42.5 Å². The van der Waals surface area contributed by atoms with Gasteiger partial charge in [-0.1, -0.05) is 13.3 Å². The van der Waals surface area contributed by atoms with Crippen molar-refractivity contribution in [1.82, 2.24) is 9.66 Å². The molecule has 2 heterocycles. The number of carbonyl (C=O) groups is 1. The van der Waals surface area contributed by atoms with Gasteiger partial charge in [0.15, 0.2) is 0 Å². The van der Waals surface area contributed by atoms with Gasteiger partial charge in [0.1, 0.15) is 10.7 Å². The van der Waals surface area contributed by atoms with Gasteiger partial charge in [0.2, 0.25) is 5.91 Å². The molecular formula is C16H21N3O2S. The summed E-state index contributed by atoms with van der Waals surface area (Å²) in [6.07, 6.45) is 6.49. The highest BCUT2D eigenvalue weighted by Gasteiger charge is 2.21. The van der Waals surface area contributed by atoms with Gasteiger partial charge in [-0.15, -0.1) is 11.3 Å². The van der Waals surface area contributed by atoms with Crippen LogP contribution in [0.25, 0.3) is 10.2 Å². The van der Waals surface area contributed by atoms with Crippen LogP contribution < -0.4 is 11.0 Å². The average molecular weight is 319 g/mol. The van der Waals surface area contributed by atoms with Crippen molar-refractivity contribution >= 4 is 27.5 Å². The summed E-state index contributed by atoms with van der Waals surface area (Å²) >= 11 is 1.63. The van der Waals surface area contributed by atoms with E-state index in [1.807, 2.05) is 6.92 Å². The monoisotopic (exact) mass is 319 g/mol. The van der Waals surface area contributed by atoms with Crippen LogP contribution in [-0.4, -0.2) is 15.6 Å². The second-order valence-electron chi connectivity index (χ2n) is 5.83. The lowest BCUT2D eigenvalue weighted by molar-refractivity contribution is -0.117. The molecule has 1 aliphatic rings. The highest BCUT2D eigenvalue weighted by atomic mass is 32.1. The third-order valence-corrected chi connectivity index (χ3v) is 5.34. The Morgan fingerprint density at radius 3 is 2.91 bits per heavy atom. The van der Waals surface area contributed by atoms with E-state index in [0.29, 0.717) is 17.6 Å². The van der Waals surface area contributed by atoms with Crippen LogP contribution in [0.4, 0.5) is 0 Å². The topological polar surface area (TPSA) is 64.0 Å². The summed E-state index contributed by atoms with van der Waals surface area (Å²) < 4.78 is 1.32. The zero-order valence-electron chi connectivity index (χ0n) is 13.1. The van der Waals surface area contributed by atoms with E-state index >= 15 is 0 Å². The van der Waals surface area contributed by atoms with Gasteiger partial charge in [0.05, 0.1) is 5.39 Å². The van der Waals surface area contributed by atoms with Crippen molar-refractivity contribution in [3.63, 3.8) is 0 Å². The number of thiophene rings is 1. The first-order valence-corrected chi connectivity index (χ1v) is 8.77. The van der Waals surface area contributed by atoms with E-state index < -0.39 is 0 Å². The highest BCUT2D eigenvalue weighted by molar-refractivity contribution is 7.18. The molecule has 2 aromatic rings. The minimum atomic E-state index is -0.133. The molecular weight excluding hydrogens is 298 g/mol. The van der Waals surface area contributed by atoms with Crippen LogP contribution >= 0.6 is 11.3 Å². The van der Waals surface area contributed by atoms with Crippen LogP contribution in [-0.2, 0) is 17.6 Å². The van der Waals surface area contributed by atoms with Crippen molar-refractivity contribution in [2.45, 2.75) is 58.8 Å². The van der Waals surface area contributed by atoms with E-state index in [4.69, 9.17) is 0 Å². The van der Waals surface area contributed by atoms with Crippen molar-refractivity contribution in [3.05, 3.63) is 26.6 Å². The molecule has 0 aromatic carbocycles. The normalized spacial score (nSPS) is 14.1. The summed E-state index contributed by atoms with van der Waals surface area (Å²) in [6, 6.07) is 0. The largest absolute Gasteiger partial charge is 0.281 e. The predicted octanol–water partition coefficient (Wildman–Crippen LogP) is 2.91. The molecule has 0 atom stereocenters. The Labute approximate surface area is 133 Å². The number of aromatic nitrogens is 2. The van der Waals surface area contributed by atoms with Crippen LogP contribution in [0.5, 0.6) is 0 Å².